The number of unbranched alkanes of at least 4 members (excludes halogenated alkanes) is 16. The molecule has 0 aliphatic heterocycles. The lowest BCUT2D eigenvalue weighted by atomic mass is 10.1. The fraction of sp³-hybridized carbons (Fsp3) is 0.744. The van der Waals surface area contributed by atoms with E-state index >= 15 is 0 Å². The maximum Gasteiger partial charge on any atom is 0.306 e. The normalized spacial score (nSPS) is 12.7. The molecule has 0 aliphatic rings. The number of rotatable bonds is 32. The Balaban J connectivity index is 3.61. The number of esters is 2. The van der Waals surface area contributed by atoms with E-state index in [1.54, 1.807) is 0 Å². The van der Waals surface area contributed by atoms with Crippen molar-refractivity contribution in [2.45, 2.75) is 174 Å². The van der Waals surface area contributed by atoms with Crippen LogP contribution in [0.2, 0.25) is 0 Å². The van der Waals surface area contributed by atoms with E-state index in [9.17, 15) is 14.7 Å². The van der Waals surface area contributed by atoms with Gasteiger partial charge >= 0.3 is 11.9 Å². The second kappa shape index (κ2) is 35.3. The van der Waals surface area contributed by atoms with Gasteiger partial charge in [0.1, 0.15) is 6.61 Å². The van der Waals surface area contributed by atoms with E-state index in [4.69, 9.17) is 9.47 Å². The average Bonchev–Trinajstić information content (AvgIpc) is 3.02. The van der Waals surface area contributed by atoms with Crippen LogP contribution in [-0.2, 0) is 19.1 Å². The van der Waals surface area contributed by atoms with Gasteiger partial charge in [0, 0.05) is 12.8 Å². The summed E-state index contributed by atoms with van der Waals surface area (Å²) >= 11 is 0. The predicted molar refractivity (Wildman–Crippen MR) is 187 cm³/mol. The van der Waals surface area contributed by atoms with E-state index in [0.29, 0.717) is 12.8 Å². The van der Waals surface area contributed by atoms with E-state index in [1.807, 2.05) is 0 Å². The van der Waals surface area contributed by atoms with Crippen molar-refractivity contribution in [2.24, 2.45) is 0 Å². The second-order valence-electron chi connectivity index (χ2n) is 11.9. The van der Waals surface area contributed by atoms with Crippen LogP contribution in [0.25, 0.3) is 0 Å². The summed E-state index contributed by atoms with van der Waals surface area (Å²) in [6.07, 6.45) is 43.0. The van der Waals surface area contributed by atoms with Crippen LogP contribution in [0, 0.1) is 0 Å². The first-order valence-corrected chi connectivity index (χ1v) is 18.2. The highest BCUT2D eigenvalue weighted by Crippen LogP contribution is 2.12. The number of hydrogen-bond acceptors (Lipinski definition) is 5. The van der Waals surface area contributed by atoms with Crippen molar-refractivity contribution < 1.29 is 24.2 Å². The van der Waals surface area contributed by atoms with E-state index in [1.165, 1.54) is 70.6 Å². The van der Waals surface area contributed by atoms with Crippen molar-refractivity contribution in [3.05, 3.63) is 48.6 Å². The Labute approximate surface area is 271 Å². The summed E-state index contributed by atoms with van der Waals surface area (Å²) in [5.74, 6) is -0.619. The summed E-state index contributed by atoms with van der Waals surface area (Å²) in [7, 11) is 0. The number of aliphatic hydroxyl groups excluding tert-OH is 1. The lowest BCUT2D eigenvalue weighted by Crippen LogP contribution is -2.28. The van der Waals surface area contributed by atoms with Crippen molar-refractivity contribution >= 4 is 11.9 Å². The highest BCUT2D eigenvalue weighted by Gasteiger charge is 2.16. The number of ether oxygens (including phenoxy) is 2. The molecule has 5 nitrogen and oxygen atoms in total. The van der Waals surface area contributed by atoms with Gasteiger partial charge in [-0.2, -0.15) is 0 Å². The molecule has 254 valence electrons. The molecule has 1 unspecified atom stereocenters. The summed E-state index contributed by atoms with van der Waals surface area (Å²) < 4.78 is 10.6. The van der Waals surface area contributed by atoms with Gasteiger partial charge in [-0.3, -0.25) is 9.59 Å². The Morgan fingerprint density at radius 2 is 0.977 bits per heavy atom. The molecule has 1 atom stereocenters. The molecular formula is C39H68O5. The zero-order chi connectivity index (χ0) is 32.2. The largest absolute Gasteiger partial charge is 0.462 e. The van der Waals surface area contributed by atoms with Crippen molar-refractivity contribution in [3.8, 4) is 0 Å². The fourth-order valence-corrected chi connectivity index (χ4v) is 4.86. The second-order valence-corrected chi connectivity index (χ2v) is 11.9. The lowest BCUT2D eigenvalue weighted by molar-refractivity contribution is -0.161. The molecule has 0 aromatic heterocycles. The summed E-state index contributed by atoms with van der Waals surface area (Å²) in [5, 5.41) is 9.52. The SMILES string of the molecule is CCC=CCC=CCC=CCCCCCCCC(=O)OC(CO)COC(=O)CCCCCCCCCC=CCCCCCC. The lowest BCUT2D eigenvalue weighted by Gasteiger charge is -2.15. The highest BCUT2D eigenvalue weighted by molar-refractivity contribution is 5.70. The number of carbonyl (C=O) groups is 2. The van der Waals surface area contributed by atoms with E-state index in [0.717, 1.165) is 70.6 Å². The maximum atomic E-state index is 12.1. The molecular weight excluding hydrogens is 548 g/mol. The Kier molecular flexibility index (Phi) is 33.6. The summed E-state index contributed by atoms with van der Waals surface area (Å²) in [4.78, 5) is 24.2. The molecule has 0 saturated carbocycles. The molecule has 0 heterocycles. The van der Waals surface area contributed by atoms with Crippen LogP contribution < -0.4 is 0 Å². The van der Waals surface area contributed by atoms with E-state index in [2.05, 4.69) is 62.5 Å². The number of allylic oxidation sites excluding steroid dienone is 8. The first-order valence-electron chi connectivity index (χ1n) is 18.2. The maximum absolute atomic E-state index is 12.1. The summed E-state index contributed by atoms with van der Waals surface area (Å²) in [6, 6.07) is 0. The number of carbonyl (C=O) groups excluding carboxylic acids is 2. The third-order valence-electron chi connectivity index (χ3n) is 7.61. The highest BCUT2D eigenvalue weighted by atomic mass is 16.6. The van der Waals surface area contributed by atoms with Crippen molar-refractivity contribution in [1.82, 2.24) is 0 Å². The Bertz CT molecular complexity index is 752. The molecule has 0 aliphatic carbocycles. The first-order chi connectivity index (χ1) is 21.6. The molecule has 0 spiro atoms. The zero-order valence-corrected chi connectivity index (χ0v) is 28.7. The summed E-state index contributed by atoms with van der Waals surface area (Å²) in [5.41, 5.74) is 0. The van der Waals surface area contributed by atoms with Gasteiger partial charge in [0.2, 0.25) is 0 Å². The van der Waals surface area contributed by atoms with Crippen LogP contribution in [0.5, 0.6) is 0 Å². The van der Waals surface area contributed by atoms with Gasteiger partial charge in [-0.05, 0) is 70.6 Å². The molecule has 0 aromatic rings. The van der Waals surface area contributed by atoms with Crippen LogP contribution in [0.3, 0.4) is 0 Å². The topological polar surface area (TPSA) is 72.8 Å². The van der Waals surface area contributed by atoms with Crippen LogP contribution in [0.15, 0.2) is 48.6 Å². The molecule has 5 heteroatoms. The molecule has 0 amide bonds. The quantitative estimate of drug-likeness (QED) is 0.0462. The monoisotopic (exact) mass is 617 g/mol. The van der Waals surface area contributed by atoms with Gasteiger partial charge < -0.3 is 14.6 Å². The third-order valence-corrected chi connectivity index (χ3v) is 7.61. The Hall–Kier alpha value is -2.14. The fourth-order valence-electron chi connectivity index (χ4n) is 4.86. The molecule has 0 fully saturated rings. The number of aliphatic hydroxyl groups is 1. The number of hydrogen-bond donors (Lipinski definition) is 1. The van der Waals surface area contributed by atoms with Crippen LogP contribution in [0.1, 0.15) is 168 Å². The van der Waals surface area contributed by atoms with Crippen LogP contribution >= 0.6 is 0 Å². The first kappa shape index (κ1) is 41.9. The van der Waals surface area contributed by atoms with Crippen molar-refractivity contribution in [3.63, 3.8) is 0 Å². The molecule has 0 rings (SSSR count). The van der Waals surface area contributed by atoms with E-state index in [-0.39, 0.29) is 25.2 Å². The standard InChI is InChI=1S/C39H68O5/c1-3-5-7-9-11-13-15-17-19-21-23-25-27-29-31-33-38(41)43-36-37(35-40)44-39(42)34-32-30-28-26-24-22-20-18-16-14-12-10-8-6-4-2/h6,8,12-15,18,20,37,40H,3-5,7,9-11,16-17,19,21-36H2,1-2H3. The molecule has 1 N–H and O–H groups in total. The zero-order valence-electron chi connectivity index (χ0n) is 28.7. The molecule has 0 saturated heterocycles. The van der Waals surface area contributed by atoms with Crippen LogP contribution in [-0.4, -0.2) is 36.4 Å². The van der Waals surface area contributed by atoms with Crippen molar-refractivity contribution in [1.29, 1.82) is 0 Å². The Morgan fingerprint density at radius 1 is 0.545 bits per heavy atom. The van der Waals surface area contributed by atoms with Gasteiger partial charge in [0.05, 0.1) is 6.61 Å². The predicted octanol–water partition coefficient (Wildman–Crippen LogP) is 11.1. The minimum atomic E-state index is -0.781. The molecule has 0 bridgehead atoms. The summed E-state index contributed by atoms with van der Waals surface area (Å²) in [6.45, 7) is 3.98. The Morgan fingerprint density at radius 3 is 1.50 bits per heavy atom. The van der Waals surface area contributed by atoms with Gasteiger partial charge in [-0.25, -0.2) is 0 Å². The smallest absolute Gasteiger partial charge is 0.306 e. The average molecular weight is 617 g/mol. The molecule has 0 aromatic carbocycles. The van der Waals surface area contributed by atoms with E-state index < -0.39 is 6.10 Å². The minimum absolute atomic E-state index is 0.0759. The van der Waals surface area contributed by atoms with Gasteiger partial charge in [-0.15, -0.1) is 0 Å². The third kappa shape index (κ3) is 32.8. The van der Waals surface area contributed by atoms with Gasteiger partial charge in [0.15, 0.2) is 6.10 Å². The molecule has 44 heavy (non-hydrogen) atoms. The van der Waals surface area contributed by atoms with Gasteiger partial charge in [0.25, 0.3) is 0 Å². The van der Waals surface area contributed by atoms with Gasteiger partial charge in [-0.1, -0.05) is 133 Å². The minimum Gasteiger partial charge on any atom is -0.462 e. The van der Waals surface area contributed by atoms with Crippen LogP contribution in [0.4, 0.5) is 0 Å². The molecule has 0 radical (unpaired) electrons. The van der Waals surface area contributed by atoms with Crippen molar-refractivity contribution in [2.75, 3.05) is 13.2 Å².